The highest BCUT2D eigenvalue weighted by Gasteiger charge is 2.19. The molecule has 1 aliphatic rings. The van der Waals surface area contributed by atoms with E-state index in [-0.39, 0.29) is 11.9 Å². The van der Waals surface area contributed by atoms with Gasteiger partial charge in [0.1, 0.15) is 0 Å². The number of hydrogen-bond donors (Lipinski definition) is 0. The summed E-state index contributed by atoms with van der Waals surface area (Å²) in [6, 6.07) is 3.03. The minimum Gasteiger partial charge on any atom is -0.375 e. The Morgan fingerprint density at radius 2 is 2.50 bits per heavy atom. The summed E-state index contributed by atoms with van der Waals surface area (Å²) in [6.45, 7) is 4.02. The van der Waals surface area contributed by atoms with Crippen molar-refractivity contribution in [1.82, 2.24) is 4.98 Å². The van der Waals surface area contributed by atoms with Gasteiger partial charge >= 0.3 is 0 Å². The molecule has 1 fully saturated rings. The maximum absolute atomic E-state index is 13.4. The fraction of sp³-hybridized carbons (Fsp3) is 0.500. The number of rotatable bonds is 1. The number of ether oxygens (including phenoxy) is 1. The van der Waals surface area contributed by atoms with Gasteiger partial charge < -0.3 is 9.64 Å². The first-order chi connectivity index (χ1) is 6.77. The molecule has 2 rings (SSSR count). The van der Waals surface area contributed by atoms with Crippen molar-refractivity contribution in [2.75, 3.05) is 24.6 Å². The van der Waals surface area contributed by atoms with Gasteiger partial charge in [0, 0.05) is 19.3 Å². The fourth-order valence-electron chi connectivity index (χ4n) is 1.62. The molecule has 0 bridgehead atoms. The number of aromatic nitrogens is 1. The van der Waals surface area contributed by atoms with Crippen molar-refractivity contribution in [2.24, 2.45) is 0 Å². The molecular weight excluding hydrogens is 183 g/mol. The maximum atomic E-state index is 13.4. The van der Waals surface area contributed by atoms with Crippen LogP contribution in [-0.4, -0.2) is 30.8 Å². The lowest BCUT2D eigenvalue weighted by molar-refractivity contribution is 0.0527. The molecule has 0 N–H and O–H groups in total. The van der Waals surface area contributed by atoms with Crippen LogP contribution in [0.2, 0.25) is 0 Å². The Kier molecular flexibility index (Phi) is 2.63. The molecule has 0 amide bonds. The second-order valence-corrected chi connectivity index (χ2v) is 3.44. The highest BCUT2D eigenvalue weighted by molar-refractivity contribution is 5.40. The Bertz CT molecular complexity index is 319. The van der Waals surface area contributed by atoms with E-state index in [1.807, 2.05) is 11.8 Å². The van der Waals surface area contributed by atoms with Crippen LogP contribution >= 0.6 is 0 Å². The molecule has 1 atom stereocenters. The number of morpholine rings is 1. The fourth-order valence-corrected chi connectivity index (χ4v) is 1.62. The van der Waals surface area contributed by atoms with E-state index in [0.29, 0.717) is 25.5 Å². The largest absolute Gasteiger partial charge is 0.375 e. The molecule has 4 heteroatoms. The quantitative estimate of drug-likeness (QED) is 0.679. The van der Waals surface area contributed by atoms with Gasteiger partial charge in [0.05, 0.1) is 12.7 Å². The highest BCUT2D eigenvalue weighted by Crippen LogP contribution is 2.17. The van der Waals surface area contributed by atoms with Crippen LogP contribution in [0.3, 0.4) is 0 Å². The summed E-state index contributed by atoms with van der Waals surface area (Å²) in [7, 11) is 0. The Balaban J connectivity index is 2.18. The molecule has 0 radical (unpaired) electrons. The average molecular weight is 196 g/mol. The van der Waals surface area contributed by atoms with E-state index < -0.39 is 0 Å². The second kappa shape index (κ2) is 3.92. The first kappa shape index (κ1) is 9.40. The third-order valence-electron chi connectivity index (χ3n) is 2.28. The first-order valence-electron chi connectivity index (χ1n) is 4.74. The standard InChI is InChI=1S/C10H13FN2O/c1-8-7-13(5-6-14-8)10-9(11)3-2-4-12-10/h2-4,8H,5-7H2,1H3. The van der Waals surface area contributed by atoms with E-state index in [0.717, 1.165) is 0 Å². The van der Waals surface area contributed by atoms with Crippen LogP contribution in [0.5, 0.6) is 0 Å². The lowest BCUT2D eigenvalue weighted by Gasteiger charge is -2.32. The summed E-state index contributed by atoms with van der Waals surface area (Å²) in [4.78, 5) is 5.95. The number of pyridine rings is 1. The molecule has 1 saturated heterocycles. The van der Waals surface area contributed by atoms with E-state index in [1.165, 1.54) is 6.07 Å². The van der Waals surface area contributed by atoms with Crippen molar-refractivity contribution >= 4 is 5.82 Å². The second-order valence-electron chi connectivity index (χ2n) is 3.44. The predicted molar refractivity (Wildman–Crippen MR) is 51.8 cm³/mol. The van der Waals surface area contributed by atoms with Gasteiger partial charge in [0.25, 0.3) is 0 Å². The van der Waals surface area contributed by atoms with E-state index in [2.05, 4.69) is 4.98 Å². The summed E-state index contributed by atoms with van der Waals surface area (Å²) in [5.41, 5.74) is 0. The summed E-state index contributed by atoms with van der Waals surface area (Å²) < 4.78 is 18.7. The average Bonchev–Trinajstić information content (AvgIpc) is 2.18. The van der Waals surface area contributed by atoms with Crippen molar-refractivity contribution in [3.05, 3.63) is 24.1 Å². The zero-order chi connectivity index (χ0) is 9.97. The van der Waals surface area contributed by atoms with Crippen molar-refractivity contribution < 1.29 is 9.13 Å². The Morgan fingerprint density at radius 1 is 1.64 bits per heavy atom. The van der Waals surface area contributed by atoms with Crippen LogP contribution < -0.4 is 4.90 Å². The van der Waals surface area contributed by atoms with Gasteiger partial charge in [-0.15, -0.1) is 0 Å². The van der Waals surface area contributed by atoms with Crippen molar-refractivity contribution in [2.45, 2.75) is 13.0 Å². The van der Waals surface area contributed by atoms with E-state index in [4.69, 9.17) is 4.74 Å². The molecule has 3 nitrogen and oxygen atoms in total. The molecule has 1 unspecified atom stereocenters. The number of halogens is 1. The molecule has 0 spiro atoms. The lowest BCUT2D eigenvalue weighted by atomic mass is 10.3. The van der Waals surface area contributed by atoms with Gasteiger partial charge in [-0.1, -0.05) is 0 Å². The van der Waals surface area contributed by atoms with Gasteiger partial charge in [-0.25, -0.2) is 9.37 Å². The highest BCUT2D eigenvalue weighted by atomic mass is 19.1. The third-order valence-corrected chi connectivity index (χ3v) is 2.28. The normalized spacial score (nSPS) is 22.4. The number of nitrogens with zero attached hydrogens (tertiary/aromatic N) is 2. The Morgan fingerprint density at radius 3 is 3.21 bits per heavy atom. The maximum Gasteiger partial charge on any atom is 0.165 e. The monoisotopic (exact) mass is 196 g/mol. The van der Waals surface area contributed by atoms with E-state index >= 15 is 0 Å². The number of anilines is 1. The summed E-state index contributed by atoms with van der Waals surface area (Å²) >= 11 is 0. The summed E-state index contributed by atoms with van der Waals surface area (Å²) in [5.74, 6) is 0.171. The molecule has 14 heavy (non-hydrogen) atoms. The zero-order valence-corrected chi connectivity index (χ0v) is 8.11. The van der Waals surface area contributed by atoms with Gasteiger partial charge in [-0.2, -0.15) is 0 Å². The van der Waals surface area contributed by atoms with E-state index in [1.54, 1.807) is 12.3 Å². The topological polar surface area (TPSA) is 25.4 Å². The minimum absolute atomic E-state index is 0.144. The van der Waals surface area contributed by atoms with Crippen LogP contribution in [0, 0.1) is 5.82 Å². The van der Waals surface area contributed by atoms with Crippen LogP contribution in [-0.2, 0) is 4.74 Å². The van der Waals surface area contributed by atoms with Crippen LogP contribution in [0.15, 0.2) is 18.3 Å². The van der Waals surface area contributed by atoms with Crippen LogP contribution in [0.1, 0.15) is 6.92 Å². The smallest absolute Gasteiger partial charge is 0.165 e. The van der Waals surface area contributed by atoms with Gasteiger partial charge in [-0.05, 0) is 19.1 Å². The molecule has 76 valence electrons. The SMILES string of the molecule is CC1CN(c2ncccc2F)CCO1. The van der Waals surface area contributed by atoms with Gasteiger partial charge in [0.15, 0.2) is 11.6 Å². The summed E-state index contributed by atoms with van der Waals surface area (Å²) in [5, 5.41) is 0. The summed E-state index contributed by atoms with van der Waals surface area (Å²) in [6.07, 6.45) is 1.75. The van der Waals surface area contributed by atoms with Crippen molar-refractivity contribution in [1.29, 1.82) is 0 Å². The molecule has 0 aliphatic carbocycles. The molecular formula is C10H13FN2O. The van der Waals surface area contributed by atoms with Crippen molar-refractivity contribution in [3.8, 4) is 0 Å². The van der Waals surface area contributed by atoms with Crippen LogP contribution in [0.4, 0.5) is 10.2 Å². The predicted octanol–water partition coefficient (Wildman–Crippen LogP) is 1.45. The molecule has 1 aliphatic heterocycles. The zero-order valence-electron chi connectivity index (χ0n) is 8.11. The van der Waals surface area contributed by atoms with Gasteiger partial charge in [0.2, 0.25) is 0 Å². The molecule has 2 heterocycles. The molecule has 0 aromatic carbocycles. The molecule has 0 saturated carbocycles. The van der Waals surface area contributed by atoms with Crippen molar-refractivity contribution in [3.63, 3.8) is 0 Å². The molecule has 1 aromatic heterocycles. The van der Waals surface area contributed by atoms with Gasteiger partial charge in [-0.3, -0.25) is 0 Å². The lowest BCUT2D eigenvalue weighted by Crippen LogP contribution is -2.41. The third kappa shape index (κ3) is 1.85. The molecule has 1 aromatic rings. The number of hydrogen-bond acceptors (Lipinski definition) is 3. The Labute approximate surface area is 82.5 Å². The van der Waals surface area contributed by atoms with E-state index in [9.17, 15) is 4.39 Å². The van der Waals surface area contributed by atoms with Crippen LogP contribution in [0.25, 0.3) is 0 Å². The first-order valence-corrected chi connectivity index (χ1v) is 4.74. The Hall–Kier alpha value is -1.16. The minimum atomic E-state index is -0.262.